The van der Waals surface area contributed by atoms with Crippen LogP contribution < -0.4 is 5.73 Å². The smallest absolute Gasteiger partial charge is 0.305 e. The maximum atomic E-state index is 10.3. The van der Waals surface area contributed by atoms with E-state index in [4.69, 9.17) is 22.4 Å². The van der Waals surface area contributed by atoms with E-state index >= 15 is 0 Å². The van der Waals surface area contributed by atoms with Crippen molar-refractivity contribution < 1.29 is 9.90 Å². The number of nitrogens with zero attached hydrogens (tertiary/aromatic N) is 1. The van der Waals surface area contributed by atoms with Gasteiger partial charge >= 0.3 is 5.97 Å². The molecule has 1 aromatic heterocycles. The standard InChI is InChI=1S/C6H7ClN2O2S/c7-3-2-9-12-6(3)4(8)1-5(10)11/h2,4H,1,8H2,(H,10,11). The average molecular weight is 207 g/mol. The third kappa shape index (κ3) is 2.17. The summed E-state index contributed by atoms with van der Waals surface area (Å²) in [6.45, 7) is 0. The molecule has 66 valence electrons. The first-order chi connectivity index (χ1) is 5.61. The number of aromatic nitrogens is 1. The molecule has 1 aromatic rings. The van der Waals surface area contributed by atoms with Gasteiger partial charge in [0.25, 0.3) is 0 Å². The number of carboxylic acids is 1. The highest BCUT2D eigenvalue weighted by Crippen LogP contribution is 2.26. The third-order valence-electron chi connectivity index (χ3n) is 1.28. The maximum absolute atomic E-state index is 10.3. The normalized spacial score (nSPS) is 12.8. The van der Waals surface area contributed by atoms with Gasteiger partial charge < -0.3 is 10.8 Å². The highest BCUT2D eigenvalue weighted by Gasteiger charge is 2.15. The highest BCUT2D eigenvalue weighted by molar-refractivity contribution is 7.06. The zero-order chi connectivity index (χ0) is 9.14. The zero-order valence-corrected chi connectivity index (χ0v) is 7.60. The number of hydrogen-bond donors (Lipinski definition) is 2. The Balaban J connectivity index is 2.71. The van der Waals surface area contributed by atoms with Gasteiger partial charge in [0.05, 0.1) is 28.6 Å². The Morgan fingerprint density at radius 2 is 2.58 bits per heavy atom. The Morgan fingerprint density at radius 3 is 3.00 bits per heavy atom. The summed E-state index contributed by atoms with van der Waals surface area (Å²) in [6, 6.07) is -0.553. The maximum Gasteiger partial charge on any atom is 0.305 e. The van der Waals surface area contributed by atoms with Crippen molar-refractivity contribution in [1.29, 1.82) is 0 Å². The van der Waals surface area contributed by atoms with Crippen LogP contribution in [0.1, 0.15) is 17.3 Å². The quantitative estimate of drug-likeness (QED) is 0.781. The van der Waals surface area contributed by atoms with E-state index in [1.54, 1.807) is 0 Å². The predicted octanol–water partition coefficient (Wildman–Crippen LogP) is 1.27. The fraction of sp³-hybridized carbons (Fsp3) is 0.333. The van der Waals surface area contributed by atoms with Crippen LogP contribution in [-0.2, 0) is 4.79 Å². The molecule has 1 unspecified atom stereocenters. The Hall–Kier alpha value is -0.650. The summed E-state index contributed by atoms with van der Waals surface area (Å²) in [7, 11) is 0. The van der Waals surface area contributed by atoms with E-state index < -0.39 is 12.0 Å². The predicted molar refractivity (Wildman–Crippen MR) is 46.3 cm³/mol. The average Bonchev–Trinajstić information content (AvgIpc) is 2.33. The van der Waals surface area contributed by atoms with Crippen LogP contribution >= 0.6 is 23.1 Å². The minimum absolute atomic E-state index is 0.123. The molecule has 1 heterocycles. The van der Waals surface area contributed by atoms with Crippen LogP contribution in [0, 0.1) is 0 Å². The number of nitrogens with two attached hydrogens (primary N) is 1. The van der Waals surface area contributed by atoms with E-state index in [2.05, 4.69) is 4.37 Å². The second kappa shape index (κ2) is 3.84. The van der Waals surface area contributed by atoms with Crippen LogP contribution in [0.3, 0.4) is 0 Å². The van der Waals surface area contributed by atoms with Gasteiger partial charge in [0, 0.05) is 0 Å². The molecule has 0 saturated carbocycles. The molecule has 1 rings (SSSR count). The van der Waals surface area contributed by atoms with E-state index in [1.165, 1.54) is 6.20 Å². The van der Waals surface area contributed by atoms with Crippen LogP contribution in [0.2, 0.25) is 5.02 Å². The lowest BCUT2D eigenvalue weighted by molar-refractivity contribution is -0.137. The summed E-state index contributed by atoms with van der Waals surface area (Å²) < 4.78 is 3.79. The molecule has 0 spiro atoms. The molecule has 0 aromatic carbocycles. The van der Waals surface area contributed by atoms with Gasteiger partial charge in [-0.25, -0.2) is 0 Å². The van der Waals surface area contributed by atoms with Gasteiger partial charge in [-0.3, -0.25) is 4.79 Å². The molecule has 1 atom stereocenters. The van der Waals surface area contributed by atoms with E-state index in [9.17, 15) is 4.79 Å². The Kier molecular flexibility index (Phi) is 3.02. The molecule has 0 amide bonds. The lowest BCUT2D eigenvalue weighted by atomic mass is 10.2. The molecular formula is C6H7ClN2O2S. The largest absolute Gasteiger partial charge is 0.481 e. The van der Waals surface area contributed by atoms with Crippen molar-refractivity contribution in [2.45, 2.75) is 12.5 Å². The van der Waals surface area contributed by atoms with E-state index in [1.807, 2.05) is 0 Å². The lowest BCUT2D eigenvalue weighted by Gasteiger charge is -2.04. The lowest BCUT2D eigenvalue weighted by Crippen LogP contribution is -2.13. The van der Waals surface area contributed by atoms with Crippen molar-refractivity contribution in [2.75, 3.05) is 0 Å². The first-order valence-corrected chi connectivity index (χ1v) is 4.34. The summed E-state index contributed by atoms with van der Waals surface area (Å²) in [5.41, 5.74) is 5.55. The van der Waals surface area contributed by atoms with Crippen LogP contribution in [-0.4, -0.2) is 15.4 Å². The molecule has 0 aliphatic rings. The number of carboxylic acid groups (broad SMARTS) is 1. The molecular weight excluding hydrogens is 200 g/mol. The van der Waals surface area contributed by atoms with Crippen molar-refractivity contribution >= 4 is 29.1 Å². The molecule has 12 heavy (non-hydrogen) atoms. The molecule has 0 bridgehead atoms. The topological polar surface area (TPSA) is 76.2 Å². The van der Waals surface area contributed by atoms with Gasteiger partial charge in [-0.05, 0) is 11.5 Å². The van der Waals surface area contributed by atoms with Gasteiger partial charge in [-0.2, -0.15) is 4.37 Å². The Morgan fingerprint density at radius 1 is 1.92 bits per heavy atom. The summed E-state index contributed by atoms with van der Waals surface area (Å²) in [6.07, 6.45) is 1.34. The monoisotopic (exact) mass is 206 g/mol. The highest BCUT2D eigenvalue weighted by atomic mass is 35.5. The molecule has 0 aliphatic carbocycles. The van der Waals surface area contributed by atoms with Crippen LogP contribution in [0.25, 0.3) is 0 Å². The van der Waals surface area contributed by atoms with Crippen molar-refractivity contribution in [3.63, 3.8) is 0 Å². The summed E-state index contributed by atoms with van der Waals surface area (Å²) in [5.74, 6) is -0.938. The molecule has 4 nitrogen and oxygen atoms in total. The number of hydrogen-bond acceptors (Lipinski definition) is 4. The van der Waals surface area contributed by atoms with E-state index in [0.29, 0.717) is 9.90 Å². The second-order valence-corrected chi connectivity index (χ2v) is 3.48. The van der Waals surface area contributed by atoms with Crippen molar-refractivity contribution in [1.82, 2.24) is 4.37 Å². The van der Waals surface area contributed by atoms with Gasteiger partial charge in [0.15, 0.2) is 0 Å². The van der Waals surface area contributed by atoms with Gasteiger partial charge in [0.1, 0.15) is 0 Å². The molecule has 0 fully saturated rings. The van der Waals surface area contributed by atoms with Crippen molar-refractivity contribution in [2.24, 2.45) is 5.73 Å². The van der Waals surface area contributed by atoms with Gasteiger partial charge in [-0.1, -0.05) is 11.6 Å². The first-order valence-electron chi connectivity index (χ1n) is 3.18. The summed E-state index contributed by atoms with van der Waals surface area (Å²) in [5, 5.41) is 8.87. The first kappa shape index (κ1) is 9.44. The van der Waals surface area contributed by atoms with E-state index in [-0.39, 0.29) is 6.42 Å². The molecule has 3 N–H and O–H groups in total. The number of halogens is 1. The zero-order valence-electron chi connectivity index (χ0n) is 6.03. The minimum atomic E-state index is -0.938. The van der Waals surface area contributed by atoms with E-state index in [0.717, 1.165) is 11.5 Å². The summed E-state index contributed by atoms with van der Waals surface area (Å²) >= 11 is 6.82. The number of rotatable bonds is 3. The third-order valence-corrected chi connectivity index (χ3v) is 2.63. The van der Waals surface area contributed by atoms with Crippen LogP contribution in [0.4, 0.5) is 0 Å². The van der Waals surface area contributed by atoms with Gasteiger partial charge in [0.2, 0.25) is 0 Å². The summed E-state index contributed by atoms with van der Waals surface area (Å²) in [4.78, 5) is 10.9. The van der Waals surface area contributed by atoms with Crippen LogP contribution in [0.5, 0.6) is 0 Å². The van der Waals surface area contributed by atoms with Crippen LogP contribution in [0.15, 0.2) is 6.20 Å². The second-order valence-electron chi connectivity index (χ2n) is 2.24. The fourth-order valence-corrected chi connectivity index (χ4v) is 1.74. The van der Waals surface area contributed by atoms with Gasteiger partial charge in [-0.15, -0.1) is 0 Å². The van der Waals surface area contributed by atoms with Crippen molar-refractivity contribution in [3.8, 4) is 0 Å². The number of aliphatic carboxylic acids is 1. The minimum Gasteiger partial charge on any atom is -0.481 e. The Labute approximate surface area is 78.1 Å². The number of carbonyl (C=O) groups is 1. The van der Waals surface area contributed by atoms with Crippen molar-refractivity contribution in [3.05, 3.63) is 16.1 Å². The molecule has 0 saturated heterocycles. The molecule has 0 radical (unpaired) electrons. The fourth-order valence-electron chi connectivity index (χ4n) is 0.762. The Bertz CT molecular complexity index is 289. The molecule has 0 aliphatic heterocycles. The SMILES string of the molecule is NC(CC(=O)O)c1sncc1Cl. The molecule has 6 heteroatoms.